The van der Waals surface area contributed by atoms with Crippen LogP contribution in [0.25, 0.3) is 22.4 Å². The molecule has 0 radical (unpaired) electrons. The zero-order chi connectivity index (χ0) is 30.9. The number of aromatic nitrogens is 4. The standard InChI is InChI=1S/C31H26ClN7O4S/c1-42-19-43-27-15-22(32)6-7-23(27)26-16-24(25(17-33)28(37-26)38-30(41)31-36-10-13-44-31)20-4-2-5-21(14-20)29(40)35-8-3-11-39-12-9-34-18-39/h2,4-7,9-10,12-16,18H,3,8,11,19H2,1H3,(H,35,40)(H,37,38,41). The van der Waals surface area contributed by atoms with Gasteiger partial charge in [-0.25, -0.2) is 15.0 Å². The lowest BCUT2D eigenvalue weighted by Gasteiger charge is -2.16. The van der Waals surface area contributed by atoms with Gasteiger partial charge in [0.15, 0.2) is 17.6 Å². The van der Waals surface area contributed by atoms with E-state index in [4.69, 9.17) is 21.1 Å². The minimum Gasteiger partial charge on any atom is -0.467 e. The van der Waals surface area contributed by atoms with Gasteiger partial charge in [0.05, 0.1) is 12.0 Å². The lowest BCUT2D eigenvalue weighted by atomic mass is 9.96. The fraction of sp³-hybridized carbons (Fsp3) is 0.161. The normalized spacial score (nSPS) is 10.7. The first-order valence-corrected chi connectivity index (χ1v) is 14.6. The van der Waals surface area contributed by atoms with Crippen LogP contribution in [-0.4, -0.2) is 51.8 Å². The lowest BCUT2D eigenvalue weighted by molar-refractivity contribution is 0.0515. The molecule has 2 amide bonds. The molecule has 0 aliphatic rings. The zero-order valence-electron chi connectivity index (χ0n) is 23.5. The summed E-state index contributed by atoms with van der Waals surface area (Å²) in [6.45, 7) is 1.16. The van der Waals surface area contributed by atoms with E-state index < -0.39 is 5.91 Å². The van der Waals surface area contributed by atoms with E-state index in [1.54, 1.807) is 66.4 Å². The van der Waals surface area contributed by atoms with Gasteiger partial charge < -0.3 is 24.7 Å². The molecule has 3 aromatic heterocycles. The van der Waals surface area contributed by atoms with Gasteiger partial charge in [-0.1, -0.05) is 23.7 Å². The number of ether oxygens (including phenoxy) is 2. The summed E-state index contributed by atoms with van der Waals surface area (Å²) in [5, 5.41) is 18.3. The van der Waals surface area contributed by atoms with Crippen molar-refractivity contribution in [3.8, 4) is 34.2 Å². The fourth-order valence-electron chi connectivity index (χ4n) is 4.37. The van der Waals surface area contributed by atoms with Crippen molar-refractivity contribution in [2.45, 2.75) is 13.0 Å². The van der Waals surface area contributed by atoms with Crippen LogP contribution in [0.3, 0.4) is 0 Å². The molecule has 0 bridgehead atoms. The van der Waals surface area contributed by atoms with Crippen molar-refractivity contribution in [2.75, 3.05) is 25.8 Å². The summed E-state index contributed by atoms with van der Waals surface area (Å²) in [6, 6.07) is 15.8. The first-order chi connectivity index (χ1) is 21.5. The van der Waals surface area contributed by atoms with Gasteiger partial charge in [-0.3, -0.25) is 9.59 Å². The molecule has 5 rings (SSSR count). The van der Waals surface area contributed by atoms with Crippen molar-refractivity contribution in [3.05, 3.63) is 100.0 Å². The Bertz CT molecular complexity index is 1800. The highest BCUT2D eigenvalue weighted by Crippen LogP contribution is 2.37. The van der Waals surface area contributed by atoms with Crippen LogP contribution in [0.2, 0.25) is 5.02 Å². The van der Waals surface area contributed by atoms with Crippen LogP contribution >= 0.6 is 22.9 Å². The number of benzene rings is 2. The summed E-state index contributed by atoms with van der Waals surface area (Å²) in [5.41, 5.74) is 2.50. The first kappa shape index (κ1) is 30.4. The molecule has 222 valence electrons. The molecular weight excluding hydrogens is 602 g/mol. The molecule has 0 atom stereocenters. The number of nitriles is 1. The maximum Gasteiger partial charge on any atom is 0.285 e. The van der Waals surface area contributed by atoms with Crippen LogP contribution in [0, 0.1) is 11.3 Å². The average Bonchev–Trinajstić information content (AvgIpc) is 3.77. The summed E-state index contributed by atoms with van der Waals surface area (Å²) in [6.07, 6.45) is 7.55. The number of hydrogen-bond acceptors (Lipinski definition) is 9. The van der Waals surface area contributed by atoms with E-state index in [1.165, 1.54) is 13.3 Å². The van der Waals surface area contributed by atoms with Crippen molar-refractivity contribution in [3.63, 3.8) is 0 Å². The van der Waals surface area contributed by atoms with Crippen LogP contribution in [0.15, 0.2) is 78.8 Å². The van der Waals surface area contributed by atoms with E-state index in [0.717, 1.165) is 24.3 Å². The molecule has 0 unspecified atom stereocenters. The maximum absolute atomic E-state index is 13.0. The van der Waals surface area contributed by atoms with Gasteiger partial charge in [-0.15, -0.1) is 11.3 Å². The van der Waals surface area contributed by atoms with Crippen LogP contribution < -0.4 is 15.4 Å². The number of thiazole rings is 1. The molecule has 44 heavy (non-hydrogen) atoms. The Labute approximate surface area is 262 Å². The number of halogens is 1. The SMILES string of the molecule is COCOc1cc(Cl)ccc1-c1cc(-c2cccc(C(=O)NCCCn3ccnc3)c2)c(C#N)c(NC(=O)c2nccs2)n1. The minimum atomic E-state index is -0.511. The highest BCUT2D eigenvalue weighted by Gasteiger charge is 2.21. The second kappa shape index (κ2) is 14.4. The molecule has 2 N–H and O–H groups in total. The van der Waals surface area contributed by atoms with E-state index in [0.29, 0.717) is 45.3 Å². The zero-order valence-corrected chi connectivity index (χ0v) is 25.1. The third-order valence-corrected chi connectivity index (χ3v) is 7.42. The third kappa shape index (κ3) is 7.27. The molecule has 3 heterocycles. The van der Waals surface area contributed by atoms with E-state index in [9.17, 15) is 14.9 Å². The average molecular weight is 628 g/mol. The molecule has 5 aromatic rings. The van der Waals surface area contributed by atoms with Crippen LogP contribution in [0.5, 0.6) is 5.75 Å². The molecule has 0 fully saturated rings. The largest absolute Gasteiger partial charge is 0.467 e. The molecule has 11 nitrogen and oxygen atoms in total. The summed E-state index contributed by atoms with van der Waals surface area (Å²) in [4.78, 5) is 38.8. The topological polar surface area (TPSA) is 144 Å². The maximum atomic E-state index is 13.0. The lowest BCUT2D eigenvalue weighted by Crippen LogP contribution is -2.25. The Morgan fingerprint density at radius 2 is 2.00 bits per heavy atom. The second-order valence-corrected chi connectivity index (χ2v) is 10.7. The number of amides is 2. The number of rotatable bonds is 12. The van der Waals surface area contributed by atoms with Crippen LogP contribution in [0.4, 0.5) is 5.82 Å². The fourth-order valence-corrected chi connectivity index (χ4v) is 5.07. The van der Waals surface area contributed by atoms with Gasteiger partial charge in [-0.05, 0) is 48.4 Å². The number of anilines is 1. The predicted molar refractivity (Wildman–Crippen MR) is 167 cm³/mol. The summed E-state index contributed by atoms with van der Waals surface area (Å²) in [7, 11) is 1.50. The number of nitrogens with zero attached hydrogens (tertiary/aromatic N) is 5. The molecular formula is C31H26ClN7O4S. The Hall–Kier alpha value is -5.09. The predicted octanol–water partition coefficient (Wildman–Crippen LogP) is 5.65. The number of hydrogen-bond donors (Lipinski definition) is 2. The van der Waals surface area contributed by atoms with Crippen molar-refractivity contribution in [2.24, 2.45) is 0 Å². The number of imidazole rings is 1. The molecule has 0 saturated heterocycles. The highest BCUT2D eigenvalue weighted by atomic mass is 35.5. The van der Waals surface area contributed by atoms with Gasteiger partial charge in [0.2, 0.25) is 0 Å². The quantitative estimate of drug-likeness (QED) is 0.133. The van der Waals surface area contributed by atoms with E-state index in [1.807, 2.05) is 10.8 Å². The van der Waals surface area contributed by atoms with Gasteiger partial charge in [-0.2, -0.15) is 5.26 Å². The van der Waals surface area contributed by atoms with Gasteiger partial charge >= 0.3 is 0 Å². The Morgan fingerprint density at radius 1 is 1.11 bits per heavy atom. The van der Waals surface area contributed by atoms with Gasteiger partial charge in [0, 0.05) is 65.9 Å². The number of carbonyl (C=O) groups is 2. The number of nitrogens with one attached hydrogen (secondary N) is 2. The summed E-state index contributed by atoms with van der Waals surface area (Å²) < 4.78 is 12.8. The van der Waals surface area contributed by atoms with Crippen LogP contribution in [0.1, 0.15) is 32.1 Å². The van der Waals surface area contributed by atoms with Crippen molar-refractivity contribution < 1.29 is 19.1 Å². The van der Waals surface area contributed by atoms with Crippen molar-refractivity contribution in [1.82, 2.24) is 24.8 Å². The molecule has 13 heteroatoms. The molecule has 0 saturated carbocycles. The van der Waals surface area contributed by atoms with Crippen molar-refractivity contribution in [1.29, 1.82) is 5.26 Å². The number of methoxy groups -OCH3 is 1. The second-order valence-electron chi connectivity index (χ2n) is 9.36. The number of pyridine rings is 1. The first-order valence-electron chi connectivity index (χ1n) is 13.4. The van der Waals surface area contributed by atoms with Crippen LogP contribution in [-0.2, 0) is 11.3 Å². The summed E-state index contributed by atoms with van der Waals surface area (Å²) >= 11 is 7.40. The van der Waals surface area contributed by atoms with E-state index in [2.05, 4.69) is 31.7 Å². The highest BCUT2D eigenvalue weighted by molar-refractivity contribution is 7.11. The van der Waals surface area contributed by atoms with E-state index in [-0.39, 0.29) is 29.1 Å². The number of carbonyl (C=O) groups excluding carboxylic acids is 2. The monoisotopic (exact) mass is 627 g/mol. The molecule has 0 spiro atoms. The Kier molecular flexibility index (Phi) is 9.93. The molecule has 0 aliphatic carbocycles. The third-order valence-electron chi connectivity index (χ3n) is 6.42. The van der Waals surface area contributed by atoms with Gasteiger partial charge in [0.1, 0.15) is 17.4 Å². The smallest absolute Gasteiger partial charge is 0.285 e. The molecule has 2 aromatic carbocycles. The summed E-state index contributed by atoms with van der Waals surface area (Å²) in [5.74, 6) is -0.343. The van der Waals surface area contributed by atoms with E-state index >= 15 is 0 Å². The Morgan fingerprint density at radius 3 is 2.75 bits per heavy atom. The van der Waals surface area contributed by atoms with Crippen molar-refractivity contribution >= 4 is 40.6 Å². The van der Waals surface area contributed by atoms with Gasteiger partial charge in [0.25, 0.3) is 11.8 Å². The number of aryl methyl sites for hydroxylation is 1. The molecule has 0 aliphatic heterocycles. The minimum absolute atomic E-state index is 0.0298. The Balaban J connectivity index is 1.52.